The van der Waals surface area contributed by atoms with E-state index in [1.807, 2.05) is 0 Å². The Morgan fingerprint density at radius 1 is 1.11 bits per heavy atom. The van der Waals surface area contributed by atoms with Gasteiger partial charge in [0.1, 0.15) is 12.4 Å². The second kappa shape index (κ2) is 10.8. The molecule has 0 bridgehead atoms. The summed E-state index contributed by atoms with van der Waals surface area (Å²) in [5, 5.41) is 12.8. The summed E-state index contributed by atoms with van der Waals surface area (Å²) in [6.45, 7) is 5.42. The summed E-state index contributed by atoms with van der Waals surface area (Å²) in [6, 6.07) is 12.8. The number of nitrogens with zero attached hydrogens (tertiary/aromatic N) is 6. The number of benzene rings is 1. The predicted octanol–water partition coefficient (Wildman–Crippen LogP) is 2.95. The van der Waals surface area contributed by atoms with Crippen molar-refractivity contribution in [1.29, 1.82) is 5.26 Å². The van der Waals surface area contributed by atoms with Gasteiger partial charge in [0.05, 0.1) is 18.2 Å². The molecule has 0 spiro atoms. The highest BCUT2D eigenvalue weighted by Crippen LogP contribution is 2.36. The normalized spacial score (nSPS) is 25.9. The van der Waals surface area contributed by atoms with Crippen LogP contribution >= 0.6 is 0 Å². The average molecular weight is 502 g/mol. The highest BCUT2D eigenvalue weighted by atomic mass is 16.5. The van der Waals surface area contributed by atoms with E-state index < -0.39 is 0 Å². The molecule has 196 valence electrons. The van der Waals surface area contributed by atoms with Gasteiger partial charge in [-0.05, 0) is 63.7 Å². The van der Waals surface area contributed by atoms with Gasteiger partial charge in [0.15, 0.2) is 0 Å². The van der Waals surface area contributed by atoms with Crippen LogP contribution in [-0.4, -0.2) is 79.4 Å². The Balaban J connectivity index is 1.28. The molecule has 0 amide bonds. The van der Waals surface area contributed by atoms with Crippen LogP contribution < -0.4 is 19.9 Å². The van der Waals surface area contributed by atoms with Crippen molar-refractivity contribution in [3.05, 3.63) is 41.1 Å². The summed E-state index contributed by atoms with van der Waals surface area (Å²) < 4.78 is 6.30. The minimum Gasteiger partial charge on any atom is -0.462 e. The molecule has 4 heterocycles. The number of hydrogen-bond donors (Lipinski definition) is 1. The predicted molar refractivity (Wildman–Crippen MR) is 145 cm³/mol. The molecule has 8 heteroatoms. The molecule has 37 heavy (non-hydrogen) atoms. The highest BCUT2D eigenvalue weighted by molar-refractivity contribution is 5.58. The van der Waals surface area contributed by atoms with Crippen LogP contribution in [0, 0.1) is 11.3 Å². The minimum atomic E-state index is 0.169. The summed E-state index contributed by atoms with van der Waals surface area (Å²) in [5.41, 5.74) is 5.30. The van der Waals surface area contributed by atoms with E-state index in [4.69, 9.17) is 14.7 Å². The van der Waals surface area contributed by atoms with E-state index in [1.165, 1.54) is 42.5 Å². The number of likely N-dealkylation sites (tertiary alicyclic amines) is 1. The molecule has 1 N–H and O–H groups in total. The first-order valence-corrected chi connectivity index (χ1v) is 14.1. The topological polar surface area (TPSA) is 80.5 Å². The Bertz CT molecular complexity index is 1150. The monoisotopic (exact) mass is 501 g/mol. The molecule has 2 unspecified atom stereocenters. The van der Waals surface area contributed by atoms with E-state index in [9.17, 15) is 5.26 Å². The molecule has 0 saturated carbocycles. The van der Waals surface area contributed by atoms with Gasteiger partial charge in [-0.25, -0.2) is 0 Å². The summed E-state index contributed by atoms with van der Waals surface area (Å²) in [7, 11) is 2.18. The first kappa shape index (κ1) is 24.4. The summed E-state index contributed by atoms with van der Waals surface area (Å²) in [5.74, 6) is 1.03. The zero-order valence-electron chi connectivity index (χ0n) is 22.0. The van der Waals surface area contributed by atoms with Crippen LogP contribution in [-0.2, 0) is 19.3 Å². The van der Waals surface area contributed by atoms with Crippen molar-refractivity contribution in [3.8, 4) is 12.1 Å². The Labute approximate surface area is 220 Å². The fraction of sp³-hybridized carbons (Fsp3) is 0.621. The number of ether oxygens (including phenoxy) is 1. The molecule has 2 aromatic rings. The number of hydrogen-bond acceptors (Lipinski definition) is 8. The van der Waals surface area contributed by atoms with E-state index in [2.05, 4.69) is 57.4 Å². The molecular weight excluding hydrogens is 462 g/mol. The Kier molecular flexibility index (Phi) is 7.16. The van der Waals surface area contributed by atoms with Gasteiger partial charge in [-0.2, -0.15) is 15.2 Å². The van der Waals surface area contributed by atoms with Crippen molar-refractivity contribution in [2.45, 2.75) is 69.5 Å². The van der Waals surface area contributed by atoms with Crippen molar-refractivity contribution in [3.63, 3.8) is 0 Å². The molecule has 1 aromatic carbocycles. The van der Waals surface area contributed by atoms with E-state index >= 15 is 0 Å². The maximum absolute atomic E-state index is 9.27. The lowest BCUT2D eigenvalue weighted by Gasteiger charge is -2.41. The van der Waals surface area contributed by atoms with Crippen LogP contribution in [0.15, 0.2) is 24.3 Å². The molecule has 2 saturated heterocycles. The van der Waals surface area contributed by atoms with Crippen molar-refractivity contribution in [2.75, 3.05) is 56.2 Å². The third-order valence-electron chi connectivity index (χ3n) is 8.76. The molecule has 0 radical (unpaired) electrons. The van der Waals surface area contributed by atoms with E-state index in [-0.39, 0.29) is 6.04 Å². The number of nitrogens with one attached hydrogen (secondary N) is 1. The molecule has 3 atom stereocenters. The quantitative estimate of drug-likeness (QED) is 0.647. The van der Waals surface area contributed by atoms with Crippen LogP contribution in [0.1, 0.15) is 48.9 Å². The van der Waals surface area contributed by atoms with Gasteiger partial charge in [0, 0.05) is 62.0 Å². The molecule has 1 aromatic heterocycles. The largest absolute Gasteiger partial charge is 0.462 e. The first-order valence-electron chi connectivity index (χ1n) is 14.1. The average Bonchev–Trinajstić information content (AvgIpc) is 3.35. The van der Waals surface area contributed by atoms with Crippen molar-refractivity contribution in [2.24, 2.45) is 0 Å². The van der Waals surface area contributed by atoms with Crippen LogP contribution in [0.2, 0.25) is 0 Å². The SMILES string of the molecule is CN1CCCC1COc1nc2c(c(N3CCN[C@@H](CC#N)C3)n1)CCC(N1CCCc3ccccc31)C2. The van der Waals surface area contributed by atoms with Gasteiger partial charge in [-0.15, -0.1) is 0 Å². The molecular formula is C29H39N7O. The van der Waals surface area contributed by atoms with E-state index in [1.54, 1.807) is 0 Å². The lowest BCUT2D eigenvalue weighted by molar-refractivity contribution is 0.187. The Morgan fingerprint density at radius 2 is 2.03 bits per heavy atom. The third-order valence-corrected chi connectivity index (χ3v) is 8.76. The lowest BCUT2D eigenvalue weighted by atomic mass is 9.88. The van der Waals surface area contributed by atoms with Gasteiger partial charge >= 0.3 is 6.01 Å². The van der Waals surface area contributed by atoms with E-state index in [0.717, 1.165) is 63.5 Å². The molecule has 6 rings (SSSR count). The van der Waals surface area contributed by atoms with E-state index in [0.29, 0.717) is 31.1 Å². The van der Waals surface area contributed by atoms with Gasteiger partial charge in [0.25, 0.3) is 0 Å². The smallest absolute Gasteiger partial charge is 0.318 e. The molecule has 4 aliphatic rings. The molecule has 1 aliphatic carbocycles. The first-order chi connectivity index (χ1) is 18.2. The van der Waals surface area contributed by atoms with Crippen LogP contribution in [0.3, 0.4) is 0 Å². The number of piperazine rings is 1. The second-order valence-corrected chi connectivity index (χ2v) is 11.1. The van der Waals surface area contributed by atoms with Gasteiger partial charge in [0.2, 0.25) is 0 Å². The zero-order valence-corrected chi connectivity index (χ0v) is 22.0. The van der Waals surface area contributed by atoms with Crippen molar-refractivity contribution >= 4 is 11.5 Å². The summed E-state index contributed by atoms with van der Waals surface area (Å²) in [6.07, 6.45) is 8.29. The maximum atomic E-state index is 9.27. The molecule has 8 nitrogen and oxygen atoms in total. The van der Waals surface area contributed by atoms with Gasteiger partial charge in [-0.3, -0.25) is 0 Å². The number of aryl methyl sites for hydroxylation is 1. The third kappa shape index (κ3) is 5.12. The van der Waals surface area contributed by atoms with Gasteiger partial charge in [-0.1, -0.05) is 18.2 Å². The minimum absolute atomic E-state index is 0.169. The fourth-order valence-electron chi connectivity index (χ4n) is 6.72. The number of rotatable bonds is 6. The fourth-order valence-corrected chi connectivity index (χ4v) is 6.72. The zero-order chi connectivity index (χ0) is 25.2. The summed E-state index contributed by atoms with van der Waals surface area (Å²) in [4.78, 5) is 17.4. The van der Waals surface area contributed by atoms with Crippen molar-refractivity contribution in [1.82, 2.24) is 20.2 Å². The molecule has 2 fully saturated rings. The standard InChI is InChI=1S/C29H39N7O/c1-34-15-5-8-24(34)20-37-29-32-26-18-23(36-16-4-7-21-6-2-3-9-27(21)36)10-11-25(26)28(33-29)35-17-14-31-22(19-35)12-13-30/h2-3,6,9,22-24,31H,4-5,7-8,10-12,14-20H2,1H3/t22-,23?,24?/m0/s1. The summed E-state index contributed by atoms with van der Waals surface area (Å²) >= 11 is 0. The van der Waals surface area contributed by atoms with Crippen molar-refractivity contribution < 1.29 is 4.74 Å². The second-order valence-electron chi connectivity index (χ2n) is 11.1. The number of anilines is 2. The number of para-hydroxylation sites is 1. The maximum Gasteiger partial charge on any atom is 0.318 e. The van der Waals surface area contributed by atoms with Crippen LogP contribution in [0.4, 0.5) is 11.5 Å². The number of fused-ring (bicyclic) bond motifs is 2. The Hall–Kier alpha value is -2.89. The lowest BCUT2D eigenvalue weighted by Crippen LogP contribution is -2.51. The highest BCUT2D eigenvalue weighted by Gasteiger charge is 2.33. The Morgan fingerprint density at radius 3 is 2.89 bits per heavy atom. The number of nitriles is 1. The van der Waals surface area contributed by atoms with Crippen LogP contribution in [0.5, 0.6) is 6.01 Å². The van der Waals surface area contributed by atoms with Crippen LogP contribution in [0.25, 0.3) is 0 Å². The molecule has 3 aliphatic heterocycles. The van der Waals surface area contributed by atoms with Gasteiger partial charge < -0.3 is 24.8 Å². The number of aromatic nitrogens is 2. The number of likely N-dealkylation sites (N-methyl/N-ethyl adjacent to an activating group) is 1.